The Morgan fingerprint density at radius 2 is 1.91 bits per heavy atom. The van der Waals surface area contributed by atoms with Crippen molar-refractivity contribution in [1.29, 1.82) is 0 Å². The fourth-order valence-corrected chi connectivity index (χ4v) is 5.80. The summed E-state index contributed by atoms with van der Waals surface area (Å²) in [6, 6.07) is 5.86. The van der Waals surface area contributed by atoms with Crippen LogP contribution in [0.25, 0.3) is 10.2 Å². The second-order valence-corrected chi connectivity index (χ2v) is 10.3. The molecule has 180 valence electrons. The summed E-state index contributed by atoms with van der Waals surface area (Å²) in [5.74, 6) is -0.0244. The lowest BCUT2D eigenvalue weighted by Crippen LogP contribution is -2.40. The van der Waals surface area contributed by atoms with Crippen LogP contribution >= 0.6 is 27.5 Å². The zero-order valence-corrected chi connectivity index (χ0v) is 22.4. The molecular formula is C25H30BrN5O2S. The van der Waals surface area contributed by atoms with E-state index in [0.29, 0.717) is 31.7 Å². The molecule has 0 unspecified atom stereocenters. The van der Waals surface area contributed by atoms with E-state index in [1.165, 1.54) is 11.5 Å². The van der Waals surface area contributed by atoms with Gasteiger partial charge in [-0.3, -0.25) is 9.59 Å². The van der Waals surface area contributed by atoms with Crippen molar-refractivity contribution in [3.05, 3.63) is 45.7 Å². The summed E-state index contributed by atoms with van der Waals surface area (Å²) in [5.41, 5.74) is 4.30. The van der Waals surface area contributed by atoms with E-state index in [9.17, 15) is 9.59 Å². The minimum absolute atomic E-state index is 0.00872. The first-order valence-electron chi connectivity index (χ1n) is 11.7. The molecule has 2 aromatic heterocycles. The van der Waals surface area contributed by atoms with Gasteiger partial charge in [0.2, 0.25) is 5.91 Å². The highest BCUT2D eigenvalue weighted by molar-refractivity contribution is 9.10. The van der Waals surface area contributed by atoms with Gasteiger partial charge < -0.3 is 15.1 Å². The van der Waals surface area contributed by atoms with Crippen LogP contribution in [0, 0.1) is 19.8 Å². The van der Waals surface area contributed by atoms with Gasteiger partial charge in [-0.2, -0.15) is 4.37 Å². The van der Waals surface area contributed by atoms with Crippen molar-refractivity contribution < 1.29 is 9.59 Å². The number of piperidine rings is 1. The number of anilines is 2. The van der Waals surface area contributed by atoms with Crippen LogP contribution < -0.4 is 10.2 Å². The van der Waals surface area contributed by atoms with Crippen LogP contribution in [0.1, 0.15) is 48.3 Å². The van der Waals surface area contributed by atoms with Crippen molar-refractivity contribution in [2.45, 2.75) is 40.5 Å². The number of nitrogens with zero attached hydrogens (tertiary/aromatic N) is 4. The third kappa shape index (κ3) is 4.81. The Hall–Kier alpha value is -2.52. The number of rotatable bonds is 6. The van der Waals surface area contributed by atoms with Gasteiger partial charge in [-0.25, -0.2) is 4.98 Å². The fourth-order valence-electron chi connectivity index (χ4n) is 4.57. The normalized spacial score (nSPS) is 14.4. The lowest BCUT2D eigenvalue weighted by molar-refractivity contribution is -0.120. The molecule has 3 heterocycles. The fraction of sp³-hybridized carbons (Fsp3) is 0.440. The van der Waals surface area contributed by atoms with Crippen LogP contribution in [0.15, 0.2) is 28.9 Å². The molecule has 7 nitrogen and oxygen atoms in total. The molecule has 1 fully saturated rings. The average molecular weight is 545 g/mol. The standard InChI is InChI=1S/C25H30BrN5O2S/c1-5-30(6-2)25(33)19-14-27-24-21(16(4)29-34-24)22(19)31-11-9-17(10-12-31)23(32)28-20-8-7-18(26)13-15(20)3/h7-8,13-14,17H,5-6,9-12H2,1-4H3,(H,28,32). The zero-order valence-electron chi connectivity index (χ0n) is 20.0. The molecule has 9 heteroatoms. The van der Waals surface area contributed by atoms with E-state index in [4.69, 9.17) is 0 Å². The van der Waals surface area contributed by atoms with Gasteiger partial charge in [-0.1, -0.05) is 15.9 Å². The SMILES string of the molecule is CCN(CC)C(=O)c1cnc2snc(C)c2c1N1CCC(C(=O)Nc2ccc(Br)cc2C)CC1. The van der Waals surface area contributed by atoms with E-state index in [1.54, 1.807) is 6.20 Å². The first-order valence-corrected chi connectivity index (χ1v) is 13.3. The van der Waals surface area contributed by atoms with Crippen molar-refractivity contribution in [3.63, 3.8) is 0 Å². The summed E-state index contributed by atoms with van der Waals surface area (Å²) in [5, 5.41) is 4.05. The summed E-state index contributed by atoms with van der Waals surface area (Å²) < 4.78 is 5.50. The van der Waals surface area contributed by atoms with E-state index in [2.05, 4.69) is 35.5 Å². The molecule has 1 aromatic carbocycles. The molecule has 0 spiro atoms. The summed E-state index contributed by atoms with van der Waals surface area (Å²) in [4.78, 5) is 35.8. The quantitative estimate of drug-likeness (QED) is 0.449. The number of pyridine rings is 1. The van der Waals surface area contributed by atoms with Crippen LogP contribution in [0.3, 0.4) is 0 Å². The number of aryl methyl sites for hydroxylation is 2. The number of hydrogen-bond acceptors (Lipinski definition) is 6. The average Bonchev–Trinajstić information content (AvgIpc) is 3.22. The summed E-state index contributed by atoms with van der Waals surface area (Å²) in [6.07, 6.45) is 3.15. The maximum Gasteiger partial charge on any atom is 0.257 e. The second kappa shape index (κ2) is 10.4. The van der Waals surface area contributed by atoms with Gasteiger partial charge in [0.05, 0.1) is 22.3 Å². The maximum atomic E-state index is 13.4. The highest BCUT2D eigenvalue weighted by Crippen LogP contribution is 2.37. The van der Waals surface area contributed by atoms with Crippen LogP contribution in [0.4, 0.5) is 11.4 Å². The molecule has 0 bridgehead atoms. The molecule has 1 N–H and O–H groups in total. The third-order valence-electron chi connectivity index (χ3n) is 6.56. The van der Waals surface area contributed by atoms with Crippen LogP contribution in [0.2, 0.25) is 0 Å². The number of benzene rings is 1. The Morgan fingerprint density at radius 1 is 1.21 bits per heavy atom. The van der Waals surface area contributed by atoms with E-state index in [0.717, 1.165) is 50.2 Å². The molecule has 0 atom stereocenters. The van der Waals surface area contributed by atoms with Crippen molar-refractivity contribution in [2.75, 3.05) is 36.4 Å². The Bertz CT molecular complexity index is 1220. The Kier molecular flexibility index (Phi) is 7.52. The Balaban J connectivity index is 1.56. The summed E-state index contributed by atoms with van der Waals surface area (Å²) >= 11 is 4.83. The van der Waals surface area contributed by atoms with Gasteiger partial charge in [-0.05, 0) is 75.8 Å². The van der Waals surface area contributed by atoms with Crippen LogP contribution in [0.5, 0.6) is 0 Å². The first-order chi connectivity index (χ1) is 16.3. The van der Waals surface area contributed by atoms with E-state index in [-0.39, 0.29) is 17.7 Å². The monoisotopic (exact) mass is 543 g/mol. The highest BCUT2D eigenvalue weighted by Gasteiger charge is 2.30. The predicted molar refractivity (Wildman–Crippen MR) is 142 cm³/mol. The summed E-state index contributed by atoms with van der Waals surface area (Å²) in [6.45, 7) is 10.6. The van der Waals surface area contributed by atoms with E-state index in [1.807, 2.05) is 50.8 Å². The topological polar surface area (TPSA) is 78.4 Å². The largest absolute Gasteiger partial charge is 0.370 e. The molecule has 0 radical (unpaired) electrons. The third-order valence-corrected chi connectivity index (χ3v) is 7.90. The van der Waals surface area contributed by atoms with Crippen molar-refractivity contribution >= 4 is 60.9 Å². The van der Waals surface area contributed by atoms with Gasteiger partial charge in [0.1, 0.15) is 4.83 Å². The summed E-state index contributed by atoms with van der Waals surface area (Å²) in [7, 11) is 0. The molecule has 0 aliphatic carbocycles. The van der Waals surface area contributed by atoms with Gasteiger partial charge in [0.25, 0.3) is 5.91 Å². The minimum Gasteiger partial charge on any atom is -0.370 e. The smallest absolute Gasteiger partial charge is 0.257 e. The first kappa shape index (κ1) is 24.6. The number of aromatic nitrogens is 2. The number of hydrogen-bond donors (Lipinski definition) is 1. The molecule has 4 rings (SSSR count). The second-order valence-electron chi connectivity index (χ2n) is 8.66. The lowest BCUT2D eigenvalue weighted by atomic mass is 9.94. The Labute approximate surface area is 212 Å². The molecular weight excluding hydrogens is 514 g/mol. The number of nitrogens with one attached hydrogen (secondary N) is 1. The minimum atomic E-state index is -0.0692. The van der Waals surface area contributed by atoms with Gasteiger partial charge >= 0.3 is 0 Å². The molecule has 34 heavy (non-hydrogen) atoms. The van der Waals surface area contributed by atoms with Crippen molar-refractivity contribution in [3.8, 4) is 0 Å². The number of carbonyl (C=O) groups is 2. The zero-order chi connectivity index (χ0) is 24.4. The molecule has 2 amide bonds. The van der Waals surface area contributed by atoms with Gasteiger partial charge in [-0.15, -0.1) is 0 Å². The number of fused-ring (bicyclic) bond motifs is 1. The molecule has 0 saturated carbocycles. The van der Waals surface area contributed by atoms with E-state index >= 15 is 0 Å². The molecule has 3 aromatic rings. The maximum absolute atomic E-state index is 13.4. The predicted octanol–water partition coefficient (Wildman–Crippen LogP) is 5.41. The van der Waals surface area contributed by atoms with Crippen LogP contribution in [-0.4, -0.2) is 52.3 Å². The number of carbonyl (C=O) groups excluding carboxylic acids is 2. The number of amides is 2. The number of halogens is 1. The van der Waals surface area contributed by atoms with Crippen LogP contribution in [-0.2, 0) is 4.79 Å². The molecule has 1 saturated heterocycles. The molecule has 1 aliphatic rings. The molecule has 1 aliphatic heterocycles. The van der Waals surface area contributed by atoms with Gasteiger partial charge in [0.15, 0.2) is 0 Å². The highest BCUT2D eigenvalue weighted by atomic mass is 79.9. The Morgan fingerprint density at radius 3 is 2.56 bits per heavy atom. The van der Waals surface area contributed by atoms with Crippen molar-refractivity contribution in [2.24, 2.45) is 5.92 Å². The van der Waals surface area contributed by atoms with Crippen molar-refractivity contribution in [1.82, 2.24) is 14.3 Å². The van der Waals surface area contributed by atoms with E-state index < -0.39 is 0 Å². The van der Waals surface area contributed by atoms with Gasteiger partial charge in [0, 0.05) is 48.5 Å². The lowest BCUT2D eigenvalue weighted by Gasteiger charge is -2.35.